The van der Waals surface area contributed by atoms with Crippen molar-refractivity contribution in [1.82, 2.24) is 5.32 Å². The van der Waals surface area contributed by atoms with E-state index >= 15 is 0 Å². The van der Waals surface area contributed by atoms with E-state index in [0.717, 1.165) is 10.9 Å². The van der Waals surface area contributed by atoms with Gasteiger partial charge in [0.25, 0.3) is 0 Å². The molecule has 1 aliphatic heterocycles. The third-order valence-electron chi connectivity index (χ3n) is 3.82. The van der Waals surface area contributed by atoms with E-state index in [-0.39, 0.29) is 0 Å². The smallest absolute Gasteiger partial charge is 0.157 e. The molecule has 0 radical (unpaired) electrons. The molecule has 2 unspecified atom stereocenters. The molecule has 0 saturated heterocycles. The van der Waals surface area contributed by atoms with Crippen LogP contribution < -0.4 is 5.32 Å². The van der Waals surface area contributed by atoms with Gasteiger partial charge in [0, 0.05) is 5.75 Å². The fraction of sp³-hybridized carbons (Fsp3) is 0.533. The molecule has 2 atom stereocenters. The first-order chi connectivity index (χ1) is 8.81. The van der Waals surface area contributed by atoms with Crippen LogP contribution in [-0.2, 0) is 5.75 Å². The molecular formula is C15H20N2S. The predicted molar refractivity (Wildman–Crippen MR) is 79.1 cm³/mol. The zero-order valence-electron chi connectivity index (χ0n) is 10.9. The number of nitrogens with zero attached hydrogens (tertiary/aromatic N) is 1. The Kier molecular flexibility index (Phi) is 3.59. The molecule has 0 amide bonds. The highest BCUT2D eigenvalue weighted by Gasteiger charge is 2.30. The van der Waals surface area contributed by atoms with Crippen molar-refractivity contribution in [3.8, 4) is 0 Å². The molecule has 1 heterocycles. The highest BCUT2D eigenvalue weighted by atomic mass is 32.2. The van der Waals surface area contributed by atoms with Crippen LogP contribution in [0.1, 0.15) is 36.8 Å². The van der Waals surface area contributed by atoms with E-state index in [2.05, 4.69) is 36.5 Å². The normalized spacial score (nSPS) is 26.4. The van der Waals surface area contributed by atoms with Gasteiger partial charge in [-0.25, -0.2) is 0 Å². The van der Waals surface area contributed by atoms with Crippen LogP contribution >= 0.6 is 11.8 Å². The van der Waals surface area contributed by atoms with Crippen molar-refractivity contribution >= 4 is 16.9 Å². The maximum Gasteiger partial charge on any atom is 0.157 e. The molecule has 0 aromatic heterocycles. The highest BCUT2D eigenvalue weighted by molar-refractivity contribution is 8.13. The first kappa shape index (κ1) is 12.1. The topological polar surface area (TPSA) is 24.4 Å². The molecule has 1 aliphatic carbocycles. The van der Waals surface area contributed by atoms with E-state index in [1.165, 1.54) is 36.8 Å². The SMILES string of the molecule is Cc1ccc(CSC2=NC3CCCCC3N2)cc1. The summed E-state index contributed by atoms with van der Waals surface area (Å²) in [6, 6.07) is 9.97. The molecule has 1 fully saturated rings. The maximum atomic E-state index is 4.81. The predicted octanol–water partition coefficient (Wildman–Crippen LogP) is 3.50. The quantitative estimate of drug-likeness (QED) is 0.880. The zero-order valence-corrected chi connectivity index (χ0v) is 11.7. The first-order valence-electron chi connectivity index (χ1n) is 6.84. The Balaban J connectivity index is 1.56. The number of nitrogens with one attached hydrogen (secondary N) is 1. The second-order valence-corrected chi connectivity index (χ2v) is 6.28. The lowest BCUT2D eigenvalue weighted by molar-refractivity contribution is 0.385. The van der Waals surface area contributed by atoms with Crippen LogP contribution in [0.3, 0.4) is 0 Å². The van der Waals surface area contributed by atoms with Gasteiger partial charge in [-0.05, 0) is 25.3 Å². The van der Waals surface area contributed by atoms with Crippen molar-refractivity contribution < 1.29 is 0 Å². The second kappa shape index (κ2) is 5.35. The van der Waals surface area contributed by atoms with Crippen LogP contribution in [0.4, 0.5) is 0 Å². The largest absolute Gasteiger partial charge is 0.360 e. The van der Waals surface area contributed by atoms with Crippen LogP contribution in [0.5, 0.6) is 0 Å². The highest BCUT2D eigenvalue weighted by Crippen LogP contribution is 2.27. The van der Waals surface area contributed by atoms with Crippen LogP contribution in [-0.4, -0.2) is 17.3 Å². The fourth-order valence-corrected chi connectivity index (χ4v) is 3.64. The summed E-state index contributed by atoms with van der Waals surface area (Å²) in [5.74, 6) is 1.02. The summed E-state index contributed by atoms with van der Waals surface area (Å²) in [6.07, 6.45) is 5.27. The zero-order chi connectivity index (χ0) is 12.4. The van der Waals surface area contributed by atoms with Gasteiger partial charge >= 0.3 is 0 Å². The van der Waals surface area contributed by atoms with Gasteiger partial charge in [0.2, 0.25) is 0 Å². The summed E-state index contributed by atoms with van der Waals surface area (Å²) >= 11 is 1.85. The van der Waals surface area contributed by atoms with Gasteiger partial charge in [0.15, 0.2) is 5.17 Å². The minimum absolute atomic E-state index is 0.555. The van der Waals surface area contributed by atoms with E-state index in [1.54, 1.807) is 0 Å². The first-order valence-corrected chi connectivity index (χ1v) is 7.82. The number of hydrogen-bond acceptors (Lipinski definition) is 3. The molecule has 3 heteroatoms. The summed E-state index contributed by atoms with van der Waals surface area (Å²) in [5, 5.41) is 4.75. The number of fused-ring (bicyclic) bond motifs is 1. The number of amidine groups is 1. The number of thioether (sulfide) groups is 1. The van der Waals surface area contributed by atoms with Gasteiger partial charge in [0.1, 0.15) is 0 Å². The lowest BCUT2D eigenvalue weighted by atomic mass is 9.92. The Morgan fingerprint density at radius 1 is 1.22 bits per heavy atom. The molecule has 1 saturated carbocycles. The van der Waals surface area contributed by atoms with E-state index in [1.807, 2.05) is 11.8 Å². The van der Waals surface area contributed by atoms with Crippen LogP contribution in [0.25, 0.3) is 0 Å². The summed E-state index contributed by atoms with van der Waals surface area (Å²) in [6.45, 7) is 2.13. The lowest BCUT2D eigenvalue weighted by Gasteiger charge is -2.23. The Hall–Kier alpha value is -0.960. The molecule has 0 spiro atoms. The maximum absolute atomic E-state index is 4.81. The molecule has 18 heavy (non-hydrogen) atoms. The monoisotopic (exact) mass is 260 g/mol. The van der Waals surface area contributed by atoms with E-state index in [4.69, 9.17) is 4.99 Å². The Labute approximate surface area is 113 Å². The van der Waals surface area contributed by atoms with E-state index < -0.39 is 0 Å². The summed E-state index contributed by atoms with van der Waals surface area (Å²) in [5.41, 5.74) is 2.70. The number of aryl methyl sites for hydroxylation is 1. The van der Waals surface area contributed by atoms with E-state index in [0.29, 0.717) is 12.1 Å². The molecular weight excluding hydrogens is 240 g/mol. The van der Waals surface area contributed by atoms with E-state index in [9.17, 15) is 0 Å². The standard InChI is InChI=1S/C15H20N2S/c1-11-6-8-12(9-7-11)10-18-15-16-13-4-2-3-5-14(13)17-15/h6-9,13-14H,2-5,10H2,1H3,(H,16,17). The minimum atomic E-state index is 0.555. The van der Waals surface area contributed by atoms with Crippen LogP contribution in [0.15, 0.2) is 29.3 Å². The average Bonchev–Trinajstić information content (AvgIpc) is 2.81. The average molecular weight is 260 g/mol. The molecule has 3 rings (SSSR count). The Morgan fingerprint density at radius 3 is 2.78 bits per heavy atom. The van der Waals surface area contributed by atoms with Gasteiger partial charge in [-0.1, -0.05) is 54.4 Å². The molecule has 96 valence electrons. The lowest BCUT2D eigenvalue weighted by Crippen LogP contribution is -2.36. The van der Waals surface area contributed by atoms with Crippen LogP contribution in [0, 0.1) is 6.92 Å². The third kappa shape index (κ3) is 2.72. The molecule has 2 aliphatic rings. The van der Waals surface area contributed by atoms with Crippen molar-refractivity contribution in [2.24, 2.45) is 4.99 Å². The molecule has 1 aromatic rings. The van der Waals surface area contributed by atoms with Crippen molar-refractivity contribution in [2.45, 2.75) is 50.4 Å². The Morgan fingerprint density at radius 2 is 2.00 bits per heavy atom. The fourth-order valence-electron chi connectivity index (χ4n) is 2.70. The van der Waals surface area contributed by atoms with Gasteiger partial charge < -0.3 is 5.32 Å². The number of benzene rings is 1. The molecule has 1 aromatic carbocycles. The van der Waals surface area contributed by atoms with Gasteiger partial charge in [-0.15, -0.1) is 0 Å². The summed E-state index contributed by atoms with van der Waals surface area (Å²) in [4.78, 5) is 4.81. The minimum Gasteiger partial charge on any atom is -0.360 e. The molecule has 0 bridgehead atoms. The van der Waals surface area contributed by atoms with Crippen LogP contribution in [0.2, 0.25) is 0 Å². The van der Waals surface area contributed by atoms with Crippen molar-refractivity contribution in [1.29, 1.82) is 0 Å². The van der Waals surface area contributed by atoms with Crippen molar-refractivity contribution in [2.75, 3.05) is 0 Å². The second-order valence-electron chi connectivity index (χ2n) is 5.31. The summed E-state index contributed by atoms with van der Waals surface area (Å²) < 4.78 is 0. The van der Waals surface area contributed by atoms with Crippen molar-refractivity contribution in [3.63, 3.8) is 0 Å². The number of hydrogen-bond donors (Lipinski definition) is 1. The molecule has 2 nitrogen and oxygen atoms in total. The third-order valence-corrected chi connectivity index (χ3v) is 4.79. The Bertz CT molecular complexity index is 438. The van der Waals surface area contributed by atoms with Gasteiger partial charge in [-0.2, -0.15) is 0 Å². The van der Waals surface area contributed by atoms with Gasteiger partial charge in [-0.3, -0.25) is 4.99 Å². The summed E-state index contributed by atoms with van der Waals surface area (Å²) in [7, 11) is 0. The van der Waals surface area contributed by atoms with Crippen molar-refractivity contribution in [3.05, 3.63) is 35.4 Å². The number of aliphatic imine (C=N–C) groups is 1. The number of rotatable bonds is 2. The van der Waals surface area contributed by atoms with Gasteiger partial charge in [0.05, 0.1) is 12.1 Å². The molecule has 1 N–H and O–H groups in total.